The van der Waals surface area contributed by atoms with Crippen LogP contribution in [0.15, 0.2) is 47.4 Å². The monoisotopic (exact) mass is 393 g/mol. The van der Waals surface area contributed by atoms with Crippen LogP contribution in [0.2, 0.25) is 0 Å². The van der Waals surface area contributed by atoms with Crippen molar-refractivity contribution in [1.29, 1.82) is 0 Å². The number of sulfonamides is 1. The number of nitrogens with zero attached hydrogens (tertiary/aromatic N) is 1. The summed E-state index contributed by atoms with van der Waals surface area (Å²) in [6.45, 7) is 1.90. The van der Waals surface area contributed by atoms with Gasteiger partial charge in [0, 0.05) is 13.0 Å². The SMILES string of the molecule is Cc1ccc2nc(NC(=O)CCNS(=O)(=O)c3ccc(F)cc3)sc2c1. The fourth-order valence-electron chi connectivity index (χ4n) is 2.26. The number of halogens is 1. The number of anilines is 1. The van der Waals surface area contributed by atoms with Crippen molar-refractivity contribution < 1.29 is 17.6 Å². The molecule has 0 atom stereocenters. The fourth-order valence-corrected chi connectivity index (χ4v) is 4.28. The first kappa shape index (κ1) is 18.4. The quantitative estimate of drug-likeness (QED) is 0.674. The molecular formula is C17H16FN3O3S2. The van der Waals surface area contributed by atoms with Gasteiger partial charge in [-0.1, -0.05) is 17.4 Å². The van der Waals surface area contributed by atoms with Gasteiger partial charge >= 0.3 is 0 Å². The van der Waals surface area contributed by atoms with Gasteiger partial charge in [-0.15, -0.1) is 0 Å². The number of carbonyl (C=O) groups excluding carboxylic acids is 1. The van der Waals surface area contributed by atoms with Crippen molar-refractivity contribution >= 4 is 42.6 Å². The van der Waals surface area contributed by atoms with Crippen LogP contribution in [0.4, 0.5) is 9.52 Å². The fraction of sp³-hybridized carbons (Fsp3) is 0.176. The van der Waals surface area contributed by atoms with Gasteiger partial charge in [0.15, 0.2) is 5.13 Å². The molecule has 0 fully saturated rings. The number of aromatic nitrogens is 1. The lowest BCUT2D eigenvalue weighted by Crippen LogP contribution is -2.27. The van der Waals surface area contributed by atoms with Crippen molar-refractivity contribution in [2.45, 2.75) is 18.2 Å². The molecule has 0 bridgehead atoms. The summed E-state index contributed by atoms with van der Waals surface area (Å²) in [7, 11) is -3.78. The maximum absolute atomic E-state index is 12.9. The maximum atomic E-state index is 12.9. The Morgan fingerprint density at radius 1 is 1.19 bits per heavy atom. The number of fused-ring (bicyclic) bond motifs is 1. The largest absolute Gasteiger partial charge is 0.302 e. The van der Waals surface area contributed by atoms with E-state index in [1.54, 1.807) is 0 Å². The van der Waals surface area contributed by atoms with E-state index in [0.29, 0.717) is 5.13 Å². The second-order valence-electron chi connectivity index (χ2n) is 5.64. The first-order valence-corrected chi connectivity index (χ1v) is 10.1. The van der Waals surface area contributed by atoms with Crippen molar-refractivity contribution in [3.05, 3.63) is 53.8 Å². The Balaban J connectivity index is 1.55. The van der Waals surface area contributed by atoms with Gasteiger partial charge in [-0.3, -0.25) is 4.79 Å². The third-order valence-corrected chi connectivity index (χ3v) is 5.97. The van der Waals surface area contributed by atoms with Gasteiger partial charge in [-0.05, 0) is 48.9 Å². The molecule has 0 aliphatic rings. The number of thiazole rings is 1. The summed E-state index contributed by atoms with van der Waals surface area (Å²) in [6.07, 6.45) is -0.0463. The van der Waals surface area contributed by atoms with Crippen LogP contribution in [0.3, 0.4) is 0 Å². The molecule has 0 aliphatic heterocycles. The maximum Gasteiger partial charge on any atom is 0.240 e. The number of nitrogens with one attached hydrogen (secondary N) is 2. The van der Waals surface area contributed by atoms with Gasteiger partial charge in [0.2, 0.25) is 15.9 Å². The Bertz CT molecular complexity index is 1050. The zero-order valence-electron chi connectivity index (χ0n) is 13.8. The number of hydrogen-bond donors (Lipinski definition) is 2. The van der Waals surface area contributed by atoms with Crippen molar-refractivity contribution in [3.8, 4) is 0 Å². The molecule has 1 heterocycles. The molecule has 6 nitrogen and oxygen atoms in total. The molecule has 9 heteroatoms. The zero-order chi connectivity index (χ0) is 18.7. The lowest BCUT2D eigenvalue weighted by molar-refractivity contribution is -0.116. The Labute approximate surface area is 154 Å². The molecule has 3 aromatic rings. The molecule has 136 valence electrons. The van der Waals surface area contributed by atoms with Gasteiger partial charge in [-0.25, -0.2) is 22.5 Å². The van der Waals surface area contributed by atoms with Crippen molar-refractivity contribution in [3.63, 3.8) is 0 Å². The molecule has 3 rings (SSSR count). The number of aryl methyl sites for hydroxylation is 1. The van der Waals surface area contributed by atoms with Crippen molar-refractivity contribution in [2.24, 2.45) is 0 Å². The minimum atomic E-state index is -3.78. The van der Waals surface area contributed by atoms with Gasteiger partial charge in [0.05, 0.1) is 15.1 Å². The van der Waals surface area contributed by atoms with Gasteiger partial charge in [0.25, 0.3) is 0 Å². The summed E-state index contributed by atoms with van der Waals surface area (Å²) in [5.74, 6) is -0.864. The summed E-state index contributed by atoms with van der Waals surface area (Å²) in [5.41, 5.74) is 1.90. The van der Waals surface area contributed by atoms with Crippen LogP contribution in [0.25, 0.3) is 10.2 Å². The minimum absolute atomic E-state index is 0.0463. The third kappa shape index (κ3) is 4.43. The molecular weight excluding hydrogens is 377 g/mol. The molecule has 26 heavy (non-hydrogen) atoms. The standard InChI is InChI=1S/C17H16FN3O3S2/c1-11-2-7-14-15(10-11)25-17(20-14)21-16(22)8-9-19-26(23,24)13-5-3-12(18)4-6-13/h2-7,10,19H,8-9H2,1H3,(H,20,21,22). The van der Waals surface area contributed by atoms with Crippen molar-refractivity contribution in [2.75, 3.05) is 11.9 Å². The minimum Gasteiger partial charge on any atom is -0.302 e. The number of carbonyl (C=O) groups is 1. The highest BCUT2D eigenvalue weighted by molar-refractivity contribution is 7.89. The van der Waals surface area contributed by atoms with E-state index in [1.807, 2.05) is 25.1 Å². The van der Waals surface area contributed by atoms with E-state index in [9.17, 15) is 17.6 Å². The van der Waals surface area contributed by atoms with E-state index in [4.69, 9.17) is 0 Å². The molecule has 0 saturated carbocycles. The molecule has 1 amide bonds. The topological polar surface area (TPSA) is 88.2 Å². The molecule has 0 radical (unpaired) electrons. The molecule has 0 spiro atoms. The second-order valence-corrected chi connectivity index (χ2v) is 8.44. The molecule has 2 N–H and O–H groups in total. The Kier molecular flexibility index (Phi) is 5.30. The van der Waals surface area contributed by atoms with Crippen LogP contribution >= 0.6 is 11.3 Å². The highest BCUT2D eigenvalue weighted by atomic mass is 32.2. The second kappa shape index (κ2) is 7.48. The summed E-state index contributed by atoms with van der Waals surface area (Å²) >= 11 is 1.36. The molecule has 1 aromatic heterocycles. The molecule has 2 aromatic carbocycles. The predicted molar refractivity (Wildman–Crippen MR) is 99.2 cm³/mol. The van der Waals surface area contributed by atoms with Crippen LogP contribution in [-0.2, 0) is 14.8 Å². The molecule has 0 saturated heterocycles. The highest BCUT2D eigenvalue weighted by Crippen LogP contribution is 2.26. The van der Waals surface area contributed by atoms with Gasteiger partial charge in [0.1, 0.15) is 5.82 Å². The van der Waals surface area contributed by atoms with Gasteiger partial charge < -0.3 is 5.32 Å². The van der Waals surface area contributed by atoms with E-state index in [0.717, 1.165) is 27.9 Å². The first-order valence-electron chi connectivity index (χ1n) is 7.76. The van der Waals surface area contributed by atoms with E-state index in [1.165, 1.54) is 23.5 Å². The number of hydrogen-bond acceptors (Lipinski definition) is 5. The summed E-state index contributed by atoms with van der Waals surface area (Å²) in [5, 5.41) is 3.14. The first-order chi connectivity index (χ1) is 12.3. The number of amides is 1. The summed E-state index contributed by atoms with van der Waals surface area (Å²) < 4.78 is 40.3. The lowest BCUT2D eigenvalue weighted by Gasteiger charge is -2.06. The summed E-state index contributed by atoms with van der Waals surface area (Å²) in [4.78, 5) is 16.3. The predicted octanol–water partition coefficient (Wildman–Crippen LogP) is 3.05. The Morgan fingerprint density at radius 3 is 2.65 bits per heavy atom. The van der Waals surface area contributed by atoms with Crippen LogP contribution in [-0.4, -0.2) is 25.9 Å². The van der Waals surface area contributed by atoms with Crippen molar-refractivity contribution in [1.82, 2.24) is 9.71 Å². The third-order valence-electron chi connectivity index (χ3n) is 3.56. The zero-order valence-corrected chi connectivity index (χ0v) is 15.5. The van der Waals surface area contributed by atoms with Crippen LogP contribution in [0, 0.1) is 12.7 Å². The Hall–Kier alpha value is -2.36. The highest BCUT2D eigenvalue weighted by Gasteiger charge is 2.14. The molecule has 0 aliphatic carbocycles. The average molecular weight is 393 g/mol. The number of benzene rings is 2. The number of rotatable bonds is 6. The lowest BCUT2D eigenvalue weighted by atomic mass is 10.2. The summed E-state index contributed by atoms with van der Waals surface area (Å²) in [6, 6.07) is 10.3. The van der Waals surface area contributed by atoms with Gasteiger partial charge in [-0.2, -0.15) is 0 Å². The van der Waals surface area contributed by atoms with Crippen LogP contribution < -0.4 is 10.0 Å². The smallest absolute Gasteiger partial charge is 0.240 e. The van der Waals surface area contributed by atoms with E-state index in [-0.39, 0.29) is 23.8 Å². The van der Waals surface area contributed by atoms with E-state index in [2.05, 4.69) is 15.0 Å². The van der Waals surface area contributed by atoms with E-state index < -0.39 is 15.8 Å². The normalized spacial score (nSPS) is 11.6. The Morgan fingerprint density at radius 2 is 1.92 bits per heavy atom. The molecule has 0 unspecified atom stereocenters. The van der Waals surface area contributed by atoms with Crippen LogP contribution in [0.5, 0.6) is 0 Å². The van der Waals surface area contributed by atoms with E-state index >= 15 is 0 Å². The average Bonchev–Trinajstić information content (AvgIpc) is 2.96. The van der Waals surface area contributed by atoms with Crippen LogP contribution in [0.1, 0.15) is 12.0 Å².